The molecule has 5 nitrogen and oxygen atoms in total. The molecule has 0 fully saturated rings. The predicted octanol–water partition coefficient (Wildman–Crippen LogP) is 5.78. The number of rotatable bonds is 4. The summed E-state index contributed by atoms with van der Waals surface area (Å²) in [6, 6.07) is 8.15. The molecule has 2 heterocycles. The number of carbonyl (C=O) groups is 1. The zero-order chi connectivity index (χ0) is 24.1. The van der Waals surface area contributed by atoms with E-state index in [4.69, 9.17) is 21.1 Å². The summed E-state index contributed by atoms with van der Waals surface area (Å²) in [5, 5.41) is 0.375. The van der Waals surface area contributed by atoms with Gasteiger partial charge in [0.2, 0.25) is 0 Å². The third kappa shape index (κ3) is 4.35. The molecule has 1 aromatic heterocycles. The lowest BCUT2D eigenvalue weighted by Gasteiger charge is -2.26. The van der Waals surface area contributed by atoms with Gasteiger partial charge in [-0.25, -0.2) is 8.78 Å². The number of carbonyl (C=O) groups excluding carboxylic acids is 1. The SMILES string of the molecule is COc1ccc(Cl)cc1C(=O)/N=c1\sc2c(n1Cc1ccc(F)cc1F)C(C)(C)OC2(C)C. The molecule has 1 amide bonds. The highest BCUT2D eigenvalue weighted by Crippen LogP contribution is 2.48. The first-order valence-corrected chi connectivity index (χ1v) is 11.4. The molecule has 0 aliphatic carbocycles. The lowest BCUT2D eigenvalue weighted by Crippen LogP contribution is -2.29. The number of aromatic nitrogens is 1. The number of hydrogen-bond donors (Lipinski definition) is 0. The minimum absolute atomic E-state index is 0.0552. The smallest absolute Gasteiger partial charge is 0.283 e. The normalized spacial score (nSPS) is 16.7. The Morgan fingerprint density at radius 2 is 1.88 bits per heavy atom. The van der Waals surface area contributed by atoms with Crippen LogP contribution in [0.1, 0.15) is 54.2 Å². The average Bonchev–Trinajstić information content (AvgIpc) is 3.17. The number of amides is 1. The number of hydrogen-bond acceptors (Lipinski definition) is 4. The van der Waals surface area contributed by atoms with E-state index in [1.165, 1.54) is 36.6 Å². The lowest BCUT2D eigenvalue weighted by atomic mass is 10.0. The lowest BCUT2D eigenvalue weighted by molar-refractivity contribution is -0.106. The molecule has 1 aliphatic rings. The molecule has 33 heavy (non-hydrogen) atoms. The maximum atomic E-state index is 14.5. The molecule has 0 unspecified atom stereocenters. The summed E-state index contributed by atoms with van der Waals surface area (Å²) in [5.74, 6) is -1.53. The van der Waals surface area contributed by atoms with Gasteiger partial charge in [-0.3, -0.25) is 4.79 Å². The first kappa shape index (κ1) is 23.6. The Hall–Kier alpha value is -2.55. The third-order valence-electron chi connectivity index (χ3n) is 5.47. The number of benzene rings is 2. The van der Waals surface area contributed by atoms with Crippen molar-refractivity contribution in [3.63, 3.8) is 0 Å². The van der Waals surface area contributed by atoms with Gasteiger partial charge in [-0.15, -0.1) is 0 Å². The van der Waals surface area contributed by atoms with E-state index in [-0.39, 0.29) is 17.7 Å². The van der Waals surface area contributed by atoms with E-state index in [0.717, 1.165) is 16.6 Å². The molecular weight excluding hydrogens is 470 g/mol. The number of methoxy groups -OCH3 is 1. The Bertz CT molecular complexity index is 1330. The van der Waals surface area contributed by atoms with Gasteiger partial charge < -0.3 is 14.0 Å². The van der Waals surface area contributed by atoms with Crippen molar-refractivity contribution >= 4 is 28.8 Å². The fraction of sp³-hybridized carbons (Fsp3) is 0.333. The van der Waals surface area contributed by atoms with Crippen LogP contribution in [0.15, 0.2) is 41.4 Å². The second-order valence-corrected chi connectivity index (χ2v) is 10.2. The average molecular weight is 493 g/mol. The number of ether oxygens (including phenoxy) is 2. The third-order valence-corrected chi connectivity index (χ3v) is 7.09. The fourth-order valence-electron chi connectivity index (χ4n) is 4.20. The molecule has 0 bridgehead atoms. The summed E-state index contributed by atoms with van der Waals surface area (Å²) in [6.07, 6.45) is 0. The largest absolute Gasteiger partial charge is 0.496 e. The molecule has 174 valence electrons. The molecule has 2 aromatic carbocycles. The standard InChI is InChI=1S/C24H23ClF2N2O3S/c1-23(2)19-20(24(3,4)32-23)33-22(29(19)12-13-6-8-15(26)11-17(13)27)28-21(30)16-10-14(25)7-9-18(16)31-5/h6-11H,12H2,1-5H3/b28-22-. The van der Waals surface area contributed by atoms with E-state index in [0.29, 0.717) is 15.6 Å². The minimum atomic E-state index is -0.712. The van der Waals surface area contributed by atoms with E-state index in [2.05, 4.69) is 4.99 Å². The van der Waals surface area contributed by atoms with Crippen LogP contribution in [0.4, 0.5) is 8.78 Å². The van der Waals surface area contributed by atoms with Crippen molar-refractivity contribution in [3.05, 3.63) is 79.6 Å². The van der Waals surface area contributed by atoms with Crippen LogP contribution in [-0.4, -0.2) is 17.6 Å². The second kappa shape index (κ2) is 8.34. The summed E-state index contributed by atoms with van der Waals surface area (Å²) in [7, 11) is 1.46. The van der Waals surface area contributed by atoms with Gasteiger partial charge in [0.05, 0.1) is 35.4 Å². The van der Waals surface area contributed by atoms with Gasteiger partial charge in [-0.2, -0.15) is 4.99 Å². The van der Waals surface area contributed by atoms with Gasteiger partial charge in [-0.1, -0.05) is 29.0 Å². The number of halogens is 3. The Morgan fingerprint density at radius 3 is 2.55 bits per heavy atom. The molecule has 0 saturated heterocycles. The van der Waals surface area contributed by atoms with Crippen molar-refractivity contribution in [1.29, 1.82) is 0 Å². The van der Waals surface area contributed by atoms with Crippen molar-refractivity contribution in [1.82, 2.24) is 4.57 Å². The van der Waals surface area contributed by atoms with Crippen LogP contribution in [0.3, 0.4) is 0 Å². The van der Waals surface area contributed by atoms with Crippen LogP contribution in [0.5, 0.6) is 5.75 Å². The molecule has 3 aromatic rings. The van der Waals surface area contributed by atoms with Crippen molar-refractivity contribution in [2.24, 2.45) is 4.99 Å². The maximum Gasteiger partial charge on any atom is 0.283 e. The van der Waals surface area contributed by atoms with E-state index in [1.54, 1.807) is 16.7 Å². The van der Waals surface area contributed by atoms with Crippen LogP contribution < -0.4 is 9.54 Å². The minimum Gasteiger partial charge on any atom is -0.496 e. The summed E-state index contributed by atoms with van der Waals surface area (Å²) in [4.78, 5) is 18.8. The van der Waals surface area contributed by atoms with Crippen LogP contribution in [-0.2, 0) is 22.5 Å². The molecule has 4 rings (SSSR count). The molecule has 0 radical (unpaired) electrons. The Morgan fingerprint density at radius 1 is 1.15 bits per heavy atom. The highest BCUT2D eigenvalue weighted by atomic mass is 35.5. The van der Waals surface area contributed by atoms with Crippen molar-refractivity contribution in [3.8, 4) is 5.75 Å². The zero-order valence-electron chi connectivity index (χ0n) is 18.8. The van der Waals surface area contributed by atoms with Gasteiger partial charge >= 0.3 is 0 Å². The molecule has 0 saturated carbocycles. The Kier molecular flexibility index (Phi) is 5.97. The fourth-order valence-corrected chi connectivity index (χ4v) is 5.69. The van der Waals surface area contributed by atoms with Crippen LogP contribution in [0.25, 0.3) is 0 Å². The van der Waals surface area contributed by atoms with Crippen LogP contribution in [0.2, 0.25) is 5.02 Å². The zero-order valence-corrected chi connectivity index (χ0v) is 20.4. The van der Waals surface area contributed by atoms with E-state index in [9.17, 15) is 13.6 Å². The van der Waals surface area contributed by atoms with Crippen LogP contribution >= 0.6 is 22.9 Å². The van der Waals surface area contributed by atoms with E-state index >= 15 is 0 Å². The van der Waals surface area contributed by atoms with Gasteiger partial charge in [0.25, 0.3) is 5.91 Å². The highest BCUT2D eigenvalue weighted by Gasteiger charge is 2.47. The predicted molar refractivity (Wildman–Crippen MR) is 123 cm³/mol. The quantitative estimate of drug-likeness (QED) is 0.464. The topological polar surface area (TPSA) is 52.8 Å². The summed E-state index contributed by atoms with van der Waals surface area (Å²) in [5.41, 5.74) is -0.0569. The Labute approximate surface area is 199 Å². The van der Waals surface area contributed by atoms with Crippen molar-refractivity contribution in [2.75, 3.05) is 7.11 Å². The summed E-state index contributed by atoms with van der Waals surface area (Å²) < 4.78 is 41.3. The molecule has 0 N–H and O–H groups in total. The van der Waals surface area contributed by atoms with Gasteiger partial charge in [0.1, 0.15) is 23.0 Å². The van der Waals surface area contributed by atoms with Crippen molar-refractivity contribution < 1.29 is 23.0 Å². The van der Waals surface area contributed by atoms with Gasteiger partial charge in [-0.05, 0) is 52.0 Å². The second-order valence-electron chi connectivity index (χ2n) is 8.77. The van der Waals surface area contributed by atoms with Gasteiger partial charge in [0, 0.05) is 16.7 Å². The molecule has 0 spiro atoms. The van der Waals surface area contributed by atoms with E-state index in [1.807, 2.05) is 27.7 Å². The number of nitrogens with zero attached hydrogens (tertiary/aromatic N) is 2. The molecule has 0 atom stereocenters. The first-order valence-electron chi connectivity index (χ1n) is 10.2. The molecule has 9 heteroatoms. The summed E-state index contributed by atoms with van der Waals surface area (Å²) >= 11 is 7.39. The van der Waals surface area contributed by atoms with Gasteiger partial charge in [0.15, 0.2) is 4.80 Å². The monoisotopic (exact) mass is 492 g/mol. The van der Waals surface area contributed by atoms with Crippen molar-refractivity contribution in [2.45, 2.75) is 45.4 Å². The Balaban J connectivity index is 1.92. The summed E-state index contributed by atoms with van der Waals surface area (Å²) in [6.45, 7) is 7.75. The number of fused-ring (bicyclic) bond motifs is 1. The number of thiazole rings is 1. The maximum absolute atomic E-state index is 14.5. The van der Waals surface area contributed by atoms with E-state index < -0.39 is 28.7 Å². The molecule has 1 aliphatic heterocycles. The first-order chi connectivity index (χ1) is 15.4. The van der Waals surface area contributed by atoms with Crippen LogP contribution in [0, 0.1) is 11.6 Å². The molecular formula is C24H23ClF2N2O3S. The highest BCUT2D eigenvalue weighted by molar-refractivity contribution is 7.09.